The van der Waals surface area contributed by atoms with Gasteiger partial charge in [-0.1, -0.05) is 10.8 Å². The number of H-pyrrole nitrogens is 1. The van der Waals surface area contributed by atoms with Gasteiger partial charge in [0.2, 0.25) is 11.8 Å². The molecular weight excluding hydrogens is 222 g/mol. The van der Waals surface area contributed by atoms with Gasteiger partial charge in [-0.15, -0.1) is 5.10 Å². The highest BCUT2D eigenvalue weighted by atomic mass is 16.2. The molecule has 1 aromatic rings. The molecule has 2 amide bonds. The van der Waals surface area contributed by atoms with Crippen LogP contribution in [0.2, 0.25) is 0 Å². The van der Waals surface area contributed by atoms with Gasteiger partial charge in [-0.05, 0) is 19.9 Å². The molecule has 1 aliphatic heterocycles. The molecule has 1 aliphatic rings. The first-order valence-corrected chi connectivity index (χ1v) is 5.13. The van der Waals surface area contributed by atoms with Crippen LogP contribution in [0.3, 0.4) is 0 Å². The number of hydrogen-bond acceptors (Lipinski definition) is 5. The average Bonchev–Trinajstić information content (AvgIpc) is 2.77. The zero-order valence-electron chi connectivity index (χ0n) is 9.78. The van der Waals surface area contributed by atoms with Gasteiger partial charge in [0.1, 0.15) is 11.5 Å². The predicted molar refractivity (Wildman–Crippen MR) is 62.5 cm³/mol. The predicted octanol–water partition coefficient (Wildman–Crippen LogP) is 0.233. The molecular formula is C10H15N5O2. The molecule has 4 N–H and O–H groups in total. The molecule has 92 valence electrons. The summed E-state index contributed by atoms with van der Waals surface area (Å²) >= 11 is 0. The third-order valence-electron chi connectivity index (χ3n) is 1.89. The lowest BCUT2D eigenvalue weighted by Crippen LogP contribution is -2.18. The van der Waals surface area contributed by atoms with E-state index in [1.54, 1.807) is 0 Å². The maximum atomic E-state index is 10.1. The summed E-state index contributed by atoms with van der Waals surface area (Å²) in [5, 5.41) is 12.0. The summed E-state index contributed by atoms with van der Waals surface area (Å²) < 4.78 is 0. The van der Waals surface area contributed by atoms with Crippen LogP contribution in [-0.2, 0) is 9.59 Å². The van der Waals surface area contributed by atoms with E-state index in [2.05, 4.69) is 20.7 Å². The molecule has 0 bridgehead atoms. The molecule has 0 saturated carbocycles. The third-order valence-corrected chi connectivity index (χ3v) is 1.89. The van der Waals surface area contributed by atoms with E-state index >= 15 is 0 Å². The number of nitrogen functional groups attached to an aromatic ring is 1. The molecule has 2 rings (SSSR count). The Morgan fingerprint density at radius 3 is 2.18 bits per heavy atom. The highest BCUT2D eigenvalue weighted by molar-refractivity contribution is 6.01. The molecule has 0 radical (unpaired) electrons. The second-order valence-electron chi connectivity index (χ2n) is 3.80. The van der Waals surface area contributed by atoms with Gasteiger partial charge in [-0.3, -0.25) is 14.9 Å². The van der Waals surface area contributed by atoms with Gasteiger partial charge in [0.05, 0.1) is 0 Å². The van der Waals surface area contributed by atoms with E-state index in [-0.39, 0.29) is 11.8 Å². The quantitative estimate of drug-likeness (QED) is 0.605. The highest BCUT2D eigenvalue weighted by Crippen LogP contribution is 2.06. The van der Waals surface area contributed by atoms with Crippen molar-refractivity contribution in [2.24, 2.45) is 0 Å². The minimum Gasteiger partial charge on any atom is -0.382 e. The van der Waals surface area contributed by atoms with Gasteiger partial charge in [0.15, 0.2) is 0 Å². The Kier molecular flexibility index (Phi) is 4.38. The fourth-order valence-electron chi connectivity index (χ4n) is 1.13. The molecule has 1 aromatic heterocycles. The summed E-state index contributed by atoms with van der Waals surface area (Å²) in [5.41, 5.74) is 7.33. The second-order valence-corrected chi connectivity index (χ2v) is 3.80. The van der Waals surface area contributed by atoms with Crippen molar-refractivity contribution in [2.75, 3.05) is 5.73 Å². The second kappa shape index (κ2) is 5.78. The van der Waals surface area contributed by atoms with Crippen molar-refractivity contribution in [3.8, 4) is 0 Å². The average molecular weight is 237 g/mol. The van der Waals surface area contributed by atoms with Gasteiger partial charge in [-0.25, -0.2) is 5.10 Å². The van der Waals surface area contributed by atoms with Crippen LogP contribution in [0.4, 0.5) is 5.82 Å². The first-order valence-electron chi connectivity index (χ1n) is 5.13. The Labute approximate surface area is 98.5 Å². The van der Waals surface area contributed by atoms with Crippen molar-refractivity contribution in [1.29, 1.82) is 0 Å². The summed E-state index contributed by atoms with van der Waals surface area (Å²) in [6.07, 6.45) is 2.62. The van der Waals surface area contributed by atoms with Crippen LogP contribution < -0.4 is 11.1 Å². The standard InChI is InChI=1S/C6H10N4.C4H5NO2/c1-4(2)3-5-6(7)9-10-8-5;6-3-1-2-4(7)5-3/h3H,1-2H3,(H3,7,8,9,10);1-2H2,(H,5,6,7). The number of nitrogens with two attached hydrogens (primary N) is 1. The lowest BCUT2D eigenvalue weighted by atomic mass is 10.3. The first-order chi connectivity index (χ1) is 7.99. The fraction of sp³-hybridized carbons (Fsp3) is 0.400. The van der Waals surface area contributed by atoms with Gasteiger partial charge >= 0.3 is 0 Å². The van der Waals surface area contributed by atoms with Gasteiger partial charge < -0.3 is 5.73 Å². The largest absolute Gasteiger partial charge is 0.382 e. The van der Waals surface area contributed by atoms with Crippen LogP contribution in [0.5, 0.6) is 0 Å². The van der Waals surface area contributed by atoms with Crippen LogP contribution in [-0.4, -0.2) is 27.2 Å². The molecule has 1 saturated heterocycles. The van der Waals surface area contributed by atoms with E-state index in [4.69, 9.17) is 5.73 Å². The summed E-state index contributed by atoms with van der Waals surface area (Å²) in [7, 11) is 0. The number of imide groups is 1. The Hall–Kier alpha value is -2.18. The maximum Gasteiger partial charge on any atom is 0.227 e. The summed E-state index contributed by atoms with van der Waals surface area (Å²) in [5.74, 6) is 0.219. The number of nitrogens with one attached hydrogen (secondary N) is 2. The van der Waals surface area contributed by atoms with Crippen molar-refractivity contribution < 1.29 is 9.59 Å². The fourth-order valence-corrected chi connectivity index (χ4v) is 1.13. The lowest BCUT2D eigenvalue weighted by molar-refractivity contribution is -0.124. The molecule has 0 unspecified atom stereocenters. The number of nitrogens with zero attached hydrogens (tertiary/aromatic N) is 2. The number of hydrogen-bond donors (Lipinski definition) is 3. The third kappa shape index (κ3) is 4.45. The number of amides is 2. The van der Waals surface area contributed by atoms with Crippen molar-refractivity contribution in [3.63, 3.8) is 0 Å². The van der Waals surface area contributed by atoms with Gasteiger partial charge in [0.25, 0.3) is 0 Å². The molecule has 0 aromatic carbocycles. The van der Waals surface area contributed by atoms with Crippen LogP contribution in [0.25, 0.3) is 6.08 Å². The molecule has 0 spiro atoms. The summed E-state index contributed by atoms with van der Waals surface area (Å²) in [6.45, 7) is 3.96. The zero-order chi connectivity index (χ0) is 12.8. The maximum absolute atomic E-state index is 10.1. The minimum atomic E-state index is -0.148. The van der Waals surface area contributed by atoms with Crippen LogP contribution in [0.15, 0.2) is 5.57 Å². The van der Waals surface area contributed by atoms with Crippen LogP contribution in [0, 0.1) is 0 Å². The van der Waals surface area contributed by atoms with Gasteiger partial charge in [0, 0.05) is 12.8 Å². The zero-order valence-corrected chi connectivity index (χ0v) is 9.78. The van der Waals surface area contributed by atoms with Gasteiger partial charge in [-0.2, -0.15) is 0 Å². The van der Waals surface area contributed by atoms with Crippen LogP contribution in [0.1, 0.15) is 32.4 Å². The normalized spacial score (nSPS) is 13.8. The number of allylic oxidation sites excluding steroid dienone is 1. The van der Waals surface area contributed by atoms with Crippen molar-refractivity contribution >= 4 is 23.7 Å². The van der Waals surface area contributed by atoms with E-state index in [1.165, 1.54) is 0 Å². The summed E-state index contributed by atoms with van der Waals surface area (Å²) in [6, 6.07) is 0. The number of aromatic amines is 1. The van der Waals surface area contributed by atoms with Crippen molar-refractivity contribution in [3.05, 3.63) is 11.3 Å². The van der Waals surface area contributed by atoms with E-state index in [1.807, 2.05) is 19.9 Å². The molecule has 2 heterocycles. The van der Waals surface area contributed by atoms with E-state index < -0.39 is 0 Å². The number of carbonyl (C=O) groups is 2. The Balaban J connectivity index is 0.000000181. The van der Waals surface area contributed by atoms with E-state index in [9.17, 15) is 9.59 Å². The number of anilines is 1. The molecule has 0 atom stereocenters. The minimum absolute atomic E-state index is 0.148. The number of aromatic nitrogens is 3. The number of carbonyl (C=O) groups excluding carboxylic acids is 2. The first kappa shape index (κ1) is 12.9. The molecule has 7 nitrogen and oxygen atoms in total. The SMILES string of the molecule is CC(C)=Cc1nn[nH]c1N.O=C1CCC(=O)N1. The van der Waals surface area contributed by atoms with E-state index in [0.29, 0.717) is 24.4 Å². The lowest BCUT2D eigenvalue weighted by Gasteiger charge is -1.87. The molecule has 0 aliphatic carbocycles. The summed E-state index contributed by atoms with van der Waals surface area (Å²) in [4.78, 5) is 20.2. The molecule has 7 heteroatoms. The van der Waals surface area contributed by atoms with Crippen LogP contribution >= 0.6 is 0 Å². The topological polar surface area (TPSA) is 114 Å². The van der Waals surface area contributed by atoms with E-state index in [0.717, 1.165) is 5.57 Å². The highest BCUT2D eigenvalue weighted by Gasteiger charge is 2.15. The smallest absolute Gasteiger partial charge is 0.227 e. The van der Waals surface area contributed by atoms with Crippen molar-refractivity contribution in [1.82, 2.24) is 20.7 Å². The molecule has 1 fully saturated rings. The monoisotopic (exact) mass is 237 g/mol. The Bertz CT molecular complexity index is 431. The van der Waals surface area contributed by atoms with Crippen molar-refractivity contribution in [2.45, 2.75) is 26.7 Å². The Morgan fingerprint density at radius 2 is 1.88 bits per heavy atom. The Morgan fingerprint density at radius 1 is 1.29 bits per heavy atom. The number of rotatable bonds is 1. The molecule has 17 heavy (non-hydrogen) atoms.